The number of nitrogens with zero attached hydrogens (tertiary/aromatic N) is 4. The molecule has 0 saturated heterocycles. The monoisotopic (exact) mass is 425 g/mol. The van der Waals surface area contributed by atoms with E-state index in [-0.39, 0.29) is 5.56 Å². The number of methoxy groups -OCH3 is 1. The van der Waals surface area contributed by atoms with Gasteiger partial charge in [-0.1, -0.05) is 6.07 Å². The van der Waals surface area contributed by atoms with Gasteiger partial charge in [-0.3, -0.25) is 19.7 Å². The van der Waals surface area contributed by atoms with Crippen molar-refractivity contribution in [1.82, 2.24) is 24.8 Å². The van der Waals surface area contributed by atoms with Crippen LogP contribution in [0.1, 0.15) is 17.0 Å². The highest BCUT2D eigenvalue weighted by atomic mass is 16.5. The van der Waals surface area contributed by atoms with Crippen molar-refractivity contribution >= 4 is 0 Å². The minimum atomic E-state index is -0.0774. The Morgan fingerprint density at radius 2 is 1.81 bits per heavy atom. The zero-order chi connectivity index (χ0) is 21.9. The third kappa shape index (κ3) is 4.15. The molecule has 5 rings (SSSR count). The quantitative estimate of drug-likeness (QED) is 0.527. The lowest BCUT2D eigenvalue weighted by molar-refractivity contribution is 0.239. The molecule has 0 radical (unpaired) electrons. The van der Waals surface area contributed by atoms with Gasteiger partial charge in [0.25, 0.3) is 5.56 Å². The van der Waals surface area contributed by atoms with Crippen molar-refractivity contribution in [2.45, 2.75) is 19.5 Å². The number of rotatable bonds is 5. The Kier molecular flexibility index (Phi) is 5.47. The van der Waals surface area contributed by atoms with E-state index >= 15 is 0 Å². The third-order valence-electron chi connectivity index (χ3n) is 5.68. The number of hydrogen-bond acceptors (Lipinski definition) is 6. The number of nitrogens with one attached hydrogen (secondary N) is 1. The lowest BCUT2D eigenvalue weighted by atomic mass is 10.1. The van der Waals surface area contributed by atoms with Gasteiger partial charge in [0.1, 0.15) is 11.6 Å². The molecule has 0 atom stereocenters. The van der Waals surface area contributed by atoms with Crippen molar-refractivity contribution in [2.75, 3.05) is 13.7 Å². The summed E-state index contributed by atoms with van der Waals surface area (Å²) in [5.74, 6) is 1.42. The Hall–Kier alpha value is -3.84. The van der Waals surface area contributed by atoms with E-state index in [4.69, 9.17) is 14.7 Å². The number of pyridine rings is 2. The summed E-state index contributed by atoms with van der Waals surface area (Å²) in [5, 5.41) is 0. The maximum absolute atomic E-state index is 12.8. The van der Waals surface area contributed by atoms with Crippen LogP contribution in [0.4, 0.5) is 0 Å². The molecule has 0 unspecified atom stereocenters. The van der Waals surface area contributed by atoms with E-state index < -0.39 is 0 Å². The van der Waals surface area contributed by atoms with E-state index in [2.05, 4.69) is 14.9 Å². The molecule has 7 heteroatoms. The molecular weight excluding hydrogens is 402 g/mol. The predicted molar refractivity (Wildman–Crippen MR) is 122 cm³/mol. The Morgan fingerprint density at radius 3 is 2.59 bits per heavy atom. The van der Waals surface area contributed by atoms with Crippen LogP contribution in [0.5, 0.6) is 5.75 Å². The van der Waals surface area contributed by atoms with Gasteiger partial charge in [-0.2, -0.15) is 0 Å². The van der Waals surface area contributed by atoms with Gasteiger partial charge in [0.2, 0.25) is 0 Å². The van der Waals surface area contributed by atoms with Crippen LogP contribution in [-0.4, -0.2) is 38.5 Å². The fourth-order valence-corrected chi connectivity index (χ4v) is 3.98. The highest BCUT2D eigenvalue weighted by molar-refractivity contribution is 5.60. The molecule has 1 aromatic carbocycles. The molecule has 0 fully saturated rings. The minimum Gasteiger partial charge on any atom is -0.497 e. The molecular formula is C25H23N5O2. The lowest BCUT2D eigenvalue weighted by Gasteiger charge is -2.27. The summed E-state index contributed by atoms with van der Waals surface area (Å²) in [6.45, 7) is 2.06. The Labute approximate surface area is 185 Å². The summed E-state index contributed by atoms with van der Waals surface area (Å²) >= 11 is 0. The van der Waals surface area contributed by atoms with Crippen LogP contribution < -0.4 is 10.3 Å². The van der Waals surface area contributed by atoms with Crippen molar-refractivity contribution < 1.29 is 4.74 Å². The molecule has 0 bridgehead atoms. The largest absolute Gasteiger partial charge is 0.497 e. The molecule has 0 spiro atoms. The number of ether oxygens (including phenoxy) is 1. The number of hydrogen-bond donors (Lipinski definition) is 1. The van der Waals surface area contributed by atoms with Crippen LogP contribution in [0, 0.1) is 0 Å². The predicted octanol–water partition coefficient (Wildman–Crippen LogP) is 3.46. The zero-order valence-corrected chi connectivity index (χ0v) is 17.8. The van der Waals surface area contributed by atoms with E-state index in [1.807, 2.05) is 54.6 Å². The highest BCUT2D eigenvalue weighted by Gasteiger charge is 2.22. The average Bonchev–Trinajstić information content (AvgIpc) is 2.85. The average molecular weight is 425 g/mol. The van der Waals surface area contributed by atoms with Crippen molar-refractivity contribution in [2.24, 2.45) is 0 Å². The fraction of sp³-hybridized carbons (Fsp3) is 0.200. The van der Waals surface area contributed by atoms with Crippen LogP contribution >= 0.6 is 0 Å². The summed E-state index contributed by atoms with van der Waals surface area (Å²) in [6.07, 6.45) is 4.13. The van der Waals surface area contributed by atoms with Crippen LogP contribution in [-0.2, 0) is 19.5 Å². The van der Waals surface area contributed by atoms with Gasteiger partial charge in [-0.05, 0) is 48.5 Å². The Balaban J connectivity index is 1.34. The number of aromatic amines is 1. The SMILES string of the molecule is COc1ccc(-c2cccc(CN3CCc4nc(-c5ccncc5)[nH]c(=O)c4C3)n2)cc1. The molecule has 0 saturated carbocycles. The molecule has 0 aliphatic carbocycles. The van der Waals surface area contributed by atoms with Gasteiger partial charge < -0.3 is 9.72 Å². The highest BCUT2D eigenvalue weighted by Crippen LogP contribution is 2.23. The number of aromatic nitrogens is 4. The summed E-state index contributed by atoms with van der Waals surface area (Å²) in [4.78, 5) is 31.5. The van der Waals surface area contributed by atoms with E-state index in [0.29, 0.717) is 18.9 Å². The second-order valence-electron chi connectivity index (χ2n) is 7.78. The smallest absolute Gasteiger partial charge is 0.255 e. The van der Waals surface area contributed by atoms with Crippen molar-refractivity contribution in [3.8, 4) is 28.4 Å². The van der Waals surface area contributed by atoms with Crippen LogP contribution in [0.3, 0.4) is 0 Å². The van der Waals surface area contributed by atoms with Crippen LogP contribution in [0.25, 0.3) is 22.6 Å². The molecule has 160 valence electrons. The first-order chi connectivity index (χ1) is 15.7. The Bertz CT molecular complexity index is 1290. The van der Waals surface area contributed by atoms with Gasteiger partial charge in [0.15, 0.2) is 0 Å². The molecule has 4 heterocycles. The second-order valence-corrected chi connectivity index (χ2v) is 7.78. The van der Waals surface area contributed by atoms with Gasteiger partial charge in [-0.15, -0.1) is 0 Å². The maximum atomic E-state index is 12.8. The first kappa shape index (κ1) is 20.1. The number of fused-ring (bicyclic) bond motifs is 1. The normalized spacial score (nSPS) is 13.5. The zero-order valence-electron chi connectivity index (χ0n) is 17.8. The molecule has 1 N–H and O–H groups in total. The Morgan fingerprint density at radius 1 is 1.00 bits per heavy atom. The topological polar surface area (TPSA) is 84.0 Å². The van der Waals surface area contributed by atoms with Crippen LogP contribution in [0.15, 0.2) is 71.8 Å². The number of H-pyrrole nitrogens is 1. The molecule has 7 nitrogen and oxygen atoms in total. The van der Waals surface area contributed by atoms with Crippen molar-refractivity contribution in [3.05, 3.63) is 94.3 Å². The van der Waals surface area contributed by atoms with Gasteiger partial charge >= 0.3 is 0 Å². The van der Waals surface area contributed by atoms with Gasteiger partial charge in [-0.25, -0.2) is 4.98 Å². The third-order valence-corrected chi connectivity index (χ3v) is 5.68. The molecule has 1 aliphatic heterocycles. The van der Waals surface area contributed by atoms with Crippen molar-refractivity contribution in [1.29, 1.82) is 0 Å². The summed E-state index contributed by atoms with van der Waals surface area (Å²) in [6, 6.07) is 17.6. The summed E-state index contributed by atoms with van der Waals surface area (Å²) in [7, 11) is 1.66. The first-order valence-corrected chi connectivity index (χ1v) is 10.5. The van der Waals surface area contributed by atoms with E-state index in [9.17, 15) is 4.79 Å². The molecule has 32 heavy (non-hydrogen) atoms. The van der Waals surface area contributed by atoms with Crippen molar-refractivity contribution in [3.63, 3.8) is 0 Å². The van der Waals surface area contributed by atoms with E-state index in [0.717, 1.165) is 52.5 Å². The second kappa shape index (κ2) is 8.72. The van der Waals surface area contributed by atoms with E-state index in [1.54, 1.807) is 19.5 Å². The number of benzene rings is 1. The van der Waals surface area contributed by atoms with Gasteiger partial charge in [0, 0.05) is 49.6 Å². The molecule has 3 aromatic heterocycles. The first-order valence-electron chi connectivity index (χ1n) is 10.5. The lowest BCUT2D eigenvalue weighted by Crippen LogP contribution is -2.35. The molecule has 0 amide bonds. The summed E-state index contributed by atoms with van der Waals surface area (Å²) < 4.78 is 5.24. The fourth-order valence-electron chi connectivity index (χ4n) is 3.98. The standard InChI is InChI=1S/C25H23N5O2/c1-32-20-7-5-17(6-8-20)22-4-2-3-19(27-22)15-30-14-11-23-21(16-30)25(31)29-24(28-23)18-9-12-26-13-10-18/h2-10,12-13H,11,14-16H2,1H3,(H,28,29,31). The molecule has 1 aliphatic rings. The van der Waals surface area contributed by atoms with Crippen LogP contribution in [0.2, 0.25) is 0 Å². The summed E-state index contributed by atoms with van der Waals surface area (Å²) in [5.41, 5.74) is 5.33. The maximum Gasteiger partial charge on any atom is 0.255 e. The van der Waals surface area contributed by atoms with Gasteiger partial charge in [0.05, 0.1) is 29.8 Å². The van der Waals surface area contributed by atoms with E-state index in [1.165, 1.54) is 0 Å². The minimum absolute atomic E-state index is 0.0774. The molecule has 4 aromatic rings.